The summed E-state index contributed by atoms with van der Waals surface area (Å²) < 4.78 is 10.9. The lowest BCUT2D eigenvalue weighted by molar-refractivity contribution is -0.112. The molecule has 0 fully saturated rings. The zero-order chi connectivity index (χ0) is 14.3. The Kier molecular flexibility index (Phi) is 5.86. The van der Waals surface area contributed by atoms with Gasteiger partial charge in [-0.2, -0.15) is 0 Å². The van der Waals surface area contributed by atoms with E-state index in [1.807, 2.05) is 38.1 Å². The first-order chi connectivity index (χ1) is 9.02. The molecule has 102 valence electrons. The van der Waals surface area contributed by atoms with Gasteiger partial charge in [0.25, 0.3) is 0 Å². The molecule has 0 aromatic heterocycles. The number of allylic oxidation sites excluding steroid dienone is 2. The Bertz CT molecular complexity index is 495. The minimum Gasteiger partial charge on any atom is -0.493 e. The molecule has 1 rings (SSSR count). The Morgan fingerprint density at radius 1 is 1.21 bits per heavy atom. The van der Waals surface area contributed by atoms with E-state index in [1.54, 1.807) is 13.2 Å². The number of rotatable bonds is 6. The largest absolute Gasteiger partial charge is 0.493 e. The van der Waals surface area contributed by atoms with Gasteiger partial charge in [-0.15, -0.1) is 0 Å². The molecular formula is C16H20O3. The molecule has 0 unspecified atom stereocenters. The molecule has 19 heavy (non-hydrogen) atoms. The first kappa shape index (κ1) is 15.0. The van der Waals surface area contributed by atoms with Gasteiger partial charge in [-0.3, -0.25) is 4.79 Å². The number of carbonyl (C=O) groups excluding carboxylic acids is 1. The number of methoxy groups -OCH3 is 1. The van der Waals surface area contributed by atoms with Crippen LogP contribution in [-0.4, -0.2) is 19.5 Å². The van der Waals surface area contributed by atoms with Crippen molar-refractivity contribution >= 4 is 11.9 Å². The topological polar surface area (TPSA) is 35.5 Å². The van der Waals surface area contributed by atoms with Crippen molar-refractivity contribution in [3.63, 3.8) is 0 Å². The van der Waals surface area contributed by atoms with Crippen molar-refractivity contribution in [1.29, 1.82) is 0 Å². The first-order valence-corrected chi connectivity index (χ1v) is 6.15. The molecule has 1 aromatic carbocycles. The van der Waals surface area contributed by atoms with Crippen molar-refractivity contribution < 1.29 is 14.3 Å². The van der Waals surface area contributed by atoms with Crippen molar-refractivity contribution in [2.75, 3.05) is 13.7 Å². The van der Waals surface area contributed by atoms with E-state index in [-0.39, 0.29) is 5.78 Å². The Labute approximate surface area is 114 Å². The van der Waals surface area contributed by atoms with Crippen molar-refractivity contribution in [1.82, 2.24) is 0 Å². The van der Waals surface area contributed by atoms with Crippen molar-refractivity contribution in [3.8, 4) is 11.5 Å². The van der Waals surface area contributed by atoms with Crippen LogP contribution in [0, 0.1) is 0 Å². The van der Waals surface area contributed by atoms with E-state index in [9.17, 15) is 4.79 Å². The van der Waals surface area contributed by atoms with Crippen LogP contribution in [0.15, 0.2) is 35.9 Å². The molecule has 0 radical (unpaired) electrons. The van der Waals surface area contributed by atoms with E-state index in [1.165, 1.54) is 18.6 Å². The number of ether oxygens (including phenoxy) is 2. The second-order valence-corrected chi connectivity index (χ2v) is 4.45. The molecule has 0 aliphatic heterocycles. The van der Waals surface area contributed by atoms with Crippen LogP contribution < -0.4 is 9.47 Å². The average molecular weight is 260 g/mol. The predicted molar refractivity (Wildman–Crippen MR) is 77.6 cm³/mol. The first-order valence-electron chi connectivity index (χ1n) is 6.15. The third-order valence-electron chi connectivity index (χ3n) is 2.43. The molecule has 0 aliphatic rings. The van der Waals surface area contributed by atoms with Crippen LogP contribution in [0.5, 0.6) is 11.5 Å². The Hall–Kier alpha value is -2.03. The van der Waals surface area contributed by atoms with E-state index >= 15 is 0 Å². The van der Waals surface area contributed by atoms with Gasteiger partial charge in [0.2, 0.25) is 0 Å². The molecule has 0 bridgehead atoms. The molecule has 0 N–H and O–H groups in total. The van der Waals surface area contributed by atoms with Gasteiger partial charge in [-0.05, 0) is 50.6 Å². The minimum absolute atomic E-state index is 0.0165. The number of benzene rings is 1. The van der Waals surface area contributed by atoms with Gasteiger partial charge >= 0.3 is 0 Å². The summed E-state index contributed by atoms with van der Waals surface area (Å²) in [6.45, 7) is 6.06. The quantitative estimate of drug-likeness (QED) is 0.578. The number of hydrogen-bond donors (Lipinski definition) is 0. The third-order valence-corrected chi connectivity index (χ3v) is 2.43. The van der Waals surface area contributed by atoms with Gasteiger partial charge in [0.15, 0.2) is 17.3 Å². The van der Waals surface area contributed by atoms with Crippen LogP contribution >= 0.6 is 0 Å². The van der Waals surface area contributed by atoms with Crippen LogP contribution in [0.2, 0.25) is 0 Å². The molecule has 0 spiro atoms. The third kappa shape index (κ3) is 5.42. The van der Waals surface area contributed by atoms with E-state index in [4.69, 9.17) is 9.47 Å². The zero-order valence-electron chi connectivity index (χ0n) is 11.9. The van der Waals surface area contributed by atoms with Crippen molar-refractivity contribution in [3.05, 3.63) is 41.5 Å². The fourth-order valence-corrected chi connectivity index (χ4v) is 1.42. The SMILES string of the molecule is COc1ccc(/C=C/C(C)=O)cc1OCC=C(C)C. The summed E-state index contributed by atoms with van der Waals surface area (Å²) in [5.74, 6) is 1.37. The summed E-state index contributed by atoms with van der Waals surface area (Å²) in [5.41, 5.74) is 2.11. The lowest BCUT2D eigenvalue weighted by Gasteiger charge is -2.10. The molecule has 0 saturated carbocycles. The number of ketones is 1. The monoisotopic (exact) mass is 260 g/mol. The van der Waals surface area contributed by atoms with E-state index < -0.39 is 0 Å². The molecule has 0 heterocycles. The number of carbonyl (C=O) groups is 1. The van der Waals surface area contributed by atoms with Gasteiger partial charge in [0.1, 0.15) is 6.61 Å². The molecule has 1 aromatic rings. The summed E-state index contributed by atoms with van der Waals surface area (Å²) in [4.78, 5) is 10.9. The summed E-state index contributed by atoms with van der Waals surface area (Å²) in [6.07, 6.45) is 5.29. The van der Waals surface area contributed by atoms with E-state index in [0.717, 1.165) is 5.56 Å². The highest BCUT2D eigenvalue weighted by Crippen LogP contribution is 2.28. The lowest BCUT2D eigenvalue weighted by atomic mass is 10.1. The Morgan fingerprint density at radius 3 is 2.53 bits per heavy atom. The molecule has 0 aliphatic carbocycles. The highest BCUT2D eigenvalue weighted by Gasteiger charge is 2.04. The fraction of sp³-hybridized carbons (Fsp3) is 0.312. The van der Waals surface area contributed by atoms with Crippen LogP contribution in [0.1, 0.15) is 26.3 Å². The second-order valence-electron chi connectivity index (χ2n) is 4.45. The summed E-state index contributed by atoms with van der Waals surface area (Å²) in [5, 5.41) is 0. The maximum Gasteiger partial charge on any atom is 0.162 e. The molecule has 0 amide bonds. The lowest BCUT2D eigenvalue weighted by Crippen LogP contribution is -1.97. The highest BCUT2D eigenvalue weighted by atomic mass is 16.5. The smallest absolute Gasteiger partial charge is 0.162 e. The van der Waals surface area contributed by atoms with Crippen molar-refractivity contribution in [2.24, 2.45) is 0 Å². The van der Waals surface area contributed by atoms with Gasteiger partial charge in [0, 0.05) is 0 Å². The van der Waals surface area contributed by atoms with Crippen LogP contribution in [0.4, 0.5) is 0 Å². The minimum atomic E-state index is 0.0165. The maximum atomic E-state index is 10.9. The van der Waals surface area contributed by atoms with Crippen LogP contribution in [-0.2, 0) is 4.79 Å². The molecule has 0 atom stereocenters. The molecule has 0 saturated heterocycles. The Balaban J connectivity index is 2.89. The molecule has 3 heteroatoms. The van der Waals surface area contributed by atoms with Gasteiger partial charge in [0.05, 0.1) is 7.11 Å². The number of hydrogen-bond acceptors (Lipinski definition) is 3. The summed E-state index contributed by atoms with van der Waals surface area (Å²) >= 11 is 0. The molecule has 3 nitrogen and oxygen atoms in total. The predicted octanol–water partition coefficient (Wildman–Crippen LogP) is 3.64. The van der Waals surface area contributed by atoms with Crippen LogP contribution in [0.25, 0.3) is 6.08 Å². The van der Waals surface area contributed by atoms with Gasteiger partial charge < -0.3 is 9.47 Å². The zero-order valence-corrected chi connectivity index (χ0v) is 11.9. The normalized spacial score (nSPS) is 10.3. The van der Waals surface area contributed by atoms with E-state index in [0.29, 0.717) is 18.1 Å². The highest BCUT2D eigenvalue weighted by molar-refractivity contribution is 5.91. The second kappa shape index (κ2) is 7.41. The molecular weight excluding hydrogens is 240 g/mol. The average Bonchev–Trinajstić information content (AvgIpc) is 2.36. The maximum absolute atomic E-state index is 10.9. The summed E-state index contributed by atoms with van der Waals surface area (Å²) in [7, 11) is 1.61. The van der Waals surface area contributed by atoms with Crippen molar-refractivity contribution in [2.45, 2.75) is 20.8 Å². The van der Waals surface area contributed by atoms with Gasteiger partial charge in [-0.25, -0.2) is 0 Å². The van der Waals surface area contributed by atoms with E-state index in [2.05, 4.69) is 0 Å². The Morgan fingerprint density at radius 2 is 1.95 bits per heavy atom. The standard InChI is InChI=1S/C16H20O3/c1-12(2)9-10-19-16-11-14(6-5-13(3)17)7-8-15(16)18-4/h5-9,11H,10H2,1-4H3/b6-5+. The summed E-state index contributed by atoms with van der Waals surface area (Å²) in [6, 6.07) is 5.57. The van der Waals surface area contributed by atoms with Crippen LogP contribution in [0.3, 0.4) is 0 Å². The van der Waals surface area contributed by atoms with Gasteiger partial charge in [-0.1, -0.05) is 17.7 Å². The fourth-order valence-electron chi connectivity index (χ4n) is 1.42.